The molecule has 1 aromatic heterocycles. The van der Waals surface area contributed by atoms with Gasteiger partial charge in [-0.05, 0) is 79.1 Å². The van der Waals surface area contributed by atoms with Crippen molar-refractivity contribution in [2.75, 3.05) is 39.2 Å². The summed E-state index contributed by atoms with van der Waals surface area (Å²) in [5.74, 6) is -0.0650. The van der Waals surface area contributed by atoms with Crippen LogP contribution in [0.3, 0.4) is 0 Å². The molecule has 45 heavy (non-hydrogen) atoms. The molecule has 12 heteroatoms. The molecule has 1 N–H and O–H groups in total. The van der Waals surface area contributed by atoms with Gasteiger partial charge in [-0.25, -0.2) is 13.2 Å². The van der Waals surface area contributed by atoms with Crippen LogP contribution < -0.4 is 14.8 Å². The highest BCUT2D eigenvalue weighted by Crippen LogP contribution is 2.42. The Morgan fingerprint density at radius 1 is 0.867 bits per heavy atom. The molecule has 2 heterocycles. The fourth-order valence-electron chi connectivity index (χ4n) is 5.00. The van der Waals surface area contributed by atoms with Gasteiger partial charge < -0.3 is 18.6 Å². The van der Waals surface area contributed by atoms with Crippen molar-refractivity contribution < 1.29 is 36.6 Å². The van der Waals surface area contributed by atoms with Gasteiger partial charge in [-0.15, -0.1) is 0 Å². The van der Waals surface area contributed by atoms with Gasteiger partial charge in [0.1, 0.15) is 28.9 Å². The number of ether oxygens (including phenoxy) is 3. The third-order valence-corrected chi connectivity index (χ3v) is 9.29. The number of furan rings is 1. The highest BCUT2D eigenvalue weighted by Gasteiger charge is 2.27. The van der Waals surface area contributed by atoms with Crippen molar-refractivity contribution in [2.45, 2.75) is 24.2 Å². The van der Waals surface area contributed by atoms with Crippen molar-refractivity contribution in [3.05, 3.63) is 83.9 Å². The Labute approximate surface area is 261 Å². The number of nitrogens with one attached hydrogen (secondary N) is 1. The van der Waals surface area contributed by atoms with E-state index in [1.54, 1.807) is 62.8 Å². The summed E-state index contributed by atoms with van der Waals surface area (Å²) in [5, 5.41) is 12.6. The number of carbonyl (C=O) groups is 2. The Hall–Kier alpha value is -5.12. The molecule has 0 spiro atoms. The summed E-state index contributed by atoms with van der Waals surface area (Å²) >= 11 is 0. The molecule has 3 aromatic carbocycles. The predicted molar refractivity (Wildman–Crippen MR) is 165 cm³/mol. The number of benzene rings is 3. The average molecular weight is 630 g/mol. The standard InChI is InChI=1S/C33H31N3O8S/c1-41-25-12-6-22(7-13-25)30-28(20-34)32(44-31(30)23-8-14-26(42-2)15-9-23)35-29(37)21-43-33(38)24-10-16-27(17-11-24)45(39,40)36-18-4-3-5-19-36/h6-17H,3-5,18-19,21H2,1-2H3,(H,35,37). The molecule has 1 fully saturated rings. The van der Waals surface area contributed by atoms with E-state index in [4.69, 9.17) is 18.6 Å². The molecule has 1 aliphatic rings. The number of amides is 1. The van der Waals surface area contributed by atoms with E-state index >= 15 is 0 Å². The number of rotatable bonds is 10. The molecule has 4 aromatic rings. The van der Waals surface area contributed by atoms with Gasteiger partial charge in [-0.2, -0.15) is 9.57 Å². The number of nitrogens with zero attached hydrogens (tertiary/aromatic N) is 2. The second-order valence-electron chi connectivity index (χ2n) is 10.2. The first-order chi connectivity index (χ1) is 21.7. The van der Waals surface area contributed by atoms with Gasteiger partial charge in [0.05, 0.1) is 24.7 Å². The lowest BCUT2D eigenvalue weighted by atomic mass is 9.98. The third kappa shape index (κ3) is 6.85. The maximum atomic E-state index is 12.9. The zero-order valence-electron chi connectivity index (χ0n) is 24.7. The van der Waals surface area contributed by atoms with Gasteiger partial charge in [-0.1, -0.05) is 18.6 Å². The highest BCUT2D eigenvalue weighted by molar-refractivity contribution is 7.89. The molecule has 0 atom stereocenters. The van der Waals surface area contributed by atoms with Crippen molar-refractivity contribution in [3.8, 4) is 40.0 Å². The molecule has 1 saturated heterocycles. The lowest BCUT2D eigenvalue weighted by Crippen LogP contribution is -2.35. The normalized spacial score (nSPS) is 13.4. The number of anilines is 1. The quantitative estimate of drug-likeness (QED) is 0.225. The number of piperidine rings is 1. The lowest BCUT2D eigenvalue weighted by molar-refractivity contribution is -0.119. The van der Waals surface area contributed by atoms with Gasteiger partial charge in [0.25, 0.3) is 5.91 Å². The van der Waals surface area contributed by atoms with Crippen molar-refractivity contribution in [1.82, 2.24) is 4.31 Å². The van der Waals surface area contributed by atoms with E-state index < -0.39 is 28.5 Å². The molecule has 1 aliphatic heterocycles. The van der Waals surface area contributed by atoms with Crippen LogP contribution >= 0.6 is 0 Å². The minimum Gasteiger partial charge on any atom is -0.497 e. The second-order valence-corrected chi connectivity index (χ2v) is 12.1. The van der Waals surface area contributed by atoms with Crippen LogP contribution in [0.15, 0.2) is 82.1 Å². The summed E-state index contributed by atoms with van der Waals surface area (Å²) in [6.45, 7) is 0.259. The lowest BCUT2D eigenvalue weighted by Gasteiger charge is -2.25. The summed E-state index contributed by atoms with van der Waals surface area (Å²) in [5.41, 5.74) is 1.91. The van der Waals surface area contributed by atoms with E-state index in [1.807, 2.05) is 0 Å². The van der Waals surface area contributed by atoms with Crippen LogP contribution in [-0.2, 0) is 19.6 Å². The molecular formula is C33H31N3O8S. The van der Waals surface area contributed by atoms with Crippen LogP contribution in [0, 0.1) is 11.3 Å². The Morgan fingerprint density at radius 2 is 1.44 bits per heavy atom. The molecule has 11 nitrogen and oxygen atoms in total. The summed E-state index contributed by atoms with van der Waals surface area (Å²) in [4.78, 5) is 25.6. The summed E-state index contributed by atoms with van der Waals surface area (Å²) in [7, 11) is -0.554. The maximum Gasteiger partial charge on any atom is 0.338 e. The number of nitriles is 1. The molecule has 0 aliphatic carbocycles. The number of sulfonamides is 1. The van der Waals surface area contributed by atoms with Crippen LogP contribution in [0.4, 0.5) is 5.88 Å². The molecule has 0 bridgehead atoms. The first kappa shape index (κ1) is 31.3. The van der Waals surface area contributed by atoms with Crippen LogP contribution in [0.5, 0.6) is 11.5 Å². The molecule has 232 valence electrons. The Morgan fingerprint density at radius 3 is 2.00 bits per heavy atom. The van der Waals surface area contributed by atoms with E-state index in [9.17, 15) is 23.3 Å². The zero-order chi connectivity index (χ0) is 32.0. The number of esters is 1. The molecule has 5 rings (SSSR count). The number of methoxy groups -OCH3 is 2. The van der Waals surface area contributed by atoms with E-state index in [1.165, 1.54) is 28.6 Å². The Balaban J connectivity index is 1.32. The van der Waals surface area contributed by atoms with Crippen LogP contribution in [0.25, 0.3) is 22.5 Å². The van der Waals surface area contributed by atoms with Crippen LogP contribution in [0.1, 0.15) is 35.2 Å². The van der Waals surface area contributed by atoms with Gasteiger partial charge in [0.15, 0.2) is 6.61 Å². The monoisotopic (exact) mass is 629 g/mol. The highest BCUT2D eigenvalue weighted by atomic mass is 32.2. The Bertz CT molecular complexity index is 1820. The molecule has 0 radical (unpaired) electrons. The second kappa shape index (κ2) is 13.7. The van der Waals surface area contributed by atoms with Crippen molar-refractivity contribution in [3.63, 3.8) is 0 Å². The van der Waals surface area contributed by atoms with Gasteiger partial charge in [0, 0.05) is 24.2 Å². The first-order valence-electron chi connectivity index (χ1n) is 14.2. The molecular weight excluding hydrogens is 598 g/mol. The molecule has 1 amide bonds. The van der Waals surface area contributed by atoms with E-state index in [0.717, 1.165) is 19.3 Å². The van der Waals surface area contributed by atoms with Gasteiger partial charge in [-0.3, -0.25) is 10.1 Å². The third-order valence-electron chi connectivity index (χ3n) is 7.38. The summed E-state index contributed by atoms with van der Waals surface area (Å²) in [6.07, 6.45) is 2.62. The first-order valence-corrected chi connectivity index (χ1v) is 15.6. The smallest absolute Gasteiger partial charge is 0.338 e. The van der Waals surface area contributed by atoms with Gasteiger partial charge in [0.2, 0.25) is 15.9 Å². The number of hydrogen-bond acceptors (Lipinski definition) is 9. The zero-order valence-corrected chi connectivity index (χ0v) is 25.6. The van der Waals surface area contributed by atoms with E-state index in [2.05, 4.69) is 11.4 Å². The predicted octanol–water partition coefficient (Wildman–Crippen LogP) is 5.47. The molecule has 0 saturated carbocycles. The van der Waals surface area contributed by atoms with Gasteiger partial charge >= 0.3 is 5.97 Å². The topological polar surface area (TPSA) is 148 Å². The van der Waals surface area contributed by atoms with Crippen LogP contribution in [0.2, 0.25) is 0 Å². The number of hydrogen-bond donors (Lipinski definition) is 1. The van der Waals surface area contributed by atoms with Crippen molar-refractivity contribution in [1.29, 1.82) is 5.26 Å². The Kier molecular flexibility index (Phi) is 9.51. The fraction of sp³-hybridized carbons (Fsp3) is 0.242. The minimum absolute atomic E-state index is 0.0798. The van der Waals surface area contributed by atoms with Crippen molar-refractivity contribution in [2.24, 2.45) is 0 Å². The maximum absolute atomic E-state index is 12.9. The number of carbonyl (C=O) groups excluding carboxylic acids is 2. The van der Waals surface area contributed by atoms with Crippen LogP contribution in [-0.4, -0.2) is 58.5 Å². The van der Waals surface area contributed by atoms with E-state index in [0.29, 0.717) is 47.0 Å². The largest absolute Gasteiger partial charge is 0.497 e. The SMILES string of the molecule is COc1ccc(-c2oc(NC(=O)COC(=O)c3ccc(S(=O)(=O)N4CCCCC4)cc3)c(C#N)c2-c2ccc(OC)cc2)cc1. The fourth-order valence-corrected chi connectivity index (χ4v) is 6.52. The van der Waals surface area contributed by atoms with Crippen molar-refractivity contribution >= 4 is 27.8 Å². The molecule has 0 unspecified atom stereocenters. The summed E-state index contributed by atoms with van der Waals surface area (Å²) < 4.78 is 48.9. The van der Waals surface area contributed by atoms with E-state index in [-0.39, 0.29) is 21.9 Å². The summed E-state index contributed by atoms with van der Waals surface area (Å²) in [6, 6.07) is 21.6. The minimum atomic E-state index is -3.65. The average Bonchev–Trinajstić information content (AvgIpc) is 3.45.